The van der Waals surface area contributed by atoms with Gasteiger partial charge in [-0.15, -0.1) is 0 Å². The fourth-order valence-corrected chi connectivity index (χ4v) is 1.78. The van der Waals surface area contributed by atoms with E-state index in [4.69, 9.17) is 4.74 Å². The monoisotopic (exact) mass is 340 g/mol. The molecule has 1 aromatic rings. The Morgan fingerprint density at radius 2 is 2.05 bits per heavy atom. The van der Waals surface area contributed by atoms with Crippen molar-refractivity contribution in [3.05, 3.63) is 29.3 Å². The molecule has 0 bridgehead atoms. The maximum atomic E-state index is 12.5. The standard InChI is InChI=1S/C12H12BrF3O3/c1-2-18-11(17)7-19-10-4-3-9(12(14,15)16)5-8(10)6-13/h3-5H,2,6-7H2,1H3. The molecular weight excluding hydrogens is 329 g/mol. The van der Waals surface area contributed by atoms with E-state index in [9.17, 15) is 18.0 Å². The van der Waals surface area contributed by atoms with E-state index < -0.39 is 17.7 Å². The van der Waals surface area contributed by atoms with E-state index in [1.807, 2.05) is 0 Å². The summed E-state index contributed by atoms with van der Waals surface area (Å²) in [6.07, 6.45) is -4.41. The molecule has 0 amide bonds. The Morgan fingerprint density at radius 3 is 2.58 bits per heavy atom. The van der Waals surface area contributed by atoms with Crippen molar-refractivity contribution in [2.45, 2.75) is 18.4 Å². The normalized spacial score (nSPS) is 11.2. The Bertz CT molecular complexity index is 446. The molecule has 1 aromatic carbocycles. The van der Waals surface area contributed by atoms with Crippen LogP contribution in [0.2, 0.25) is 0 Å². The molecule has 0 spiro atoms. The van der Waals surface area contributed by atoms with Crippen LogP contribution in [0, 0.1) is 0 Å². The Morgan fingerprint density at radius 1 is 1.37 bits per heavy atom. The summed E-state index contributed by atoms with van der Waals surface area (Å²) in [6, 6.07) is 3.08. The van der Waals surface area contributed by atoms with Gasteiger partial charge in [-0.05, 0) is 25.1 Å². The fourth-order valence-electron chi connectivity index (χ4n) is 1.34. The van der Waals surface area contributed by atoms with Crippen LogP contribution in [0.25, 0.3) is 0 Å². The number of esters is 1. The Hall–Kier alpha value is -1.24. The number of halogens is 4. The third kappa shape index (κ3) is 4.74. The van der Waals surface area contributed by atoms with Gasteiger partial charge in [-0.3, -0.25) is 0 Å². The number of rotatable bonds is 5. The van der Waals surface area contributed by atoms with Crippen LogP contribution in [-0.2, 0) is 21.0 Å². The van der Waals surface area contributed by atoms with Gasteiger partial charge in [0.15, 0.2) is 6.61 Å². The number of hydrogen-bond donors (Lipinski definition) is 0. The van der Waals surface area contributed by atoms with Crippen LogP contribution in [0.4, 0.5) is 13.2 Å². The lowest BCUT2D eigenvalue weighted by Gasteiger charge is -2.12. The highest BCUT2D eigenvalue weighted by atomic mass is 79.9. The number of ether oxygens (including phenoxy) is 2. The average molecular weight is 341 g/mol. The highest BCUT2D eigenvalue weighted by Gasteiger charge is 2.31. The van der Waals surface area contributed by atoms with Gasteiger partial charge in [-0.2, -0.15) is 13.2 Å². The van der Waals surface area contributed by atoms with Gasteiger partial charge in [-0.1, -0.05) is 15.9 Å². The van der Waals surface area contributed by atoms with Crippen molar-refractivity contribution in [3.8, 4) is 5.75 Å². The van der Waals surface area contributed by atoms with Gasteiger partial charge < -0.3 is 9.47 Å². The lowest BCUT2D eigenvalue weighted by Crippen LogP contribution is -2.15. The molecule has 0 saturated heterocycles. The van der Waals surface area contributed by atoms with E-state index in [1.54, 1.807) is 6.92 Å². The first-order chi connectivity index (χ1) is 8.88. The molecule has 3 nitrogen and oxygen atoms in total. The van der Waals surface area contributed by atoms with Gasteiger partial charge in [0.05, 0.1) is 12.2 Å². The fraction of sp³-hybridized carbons (Fsp3) is 0.417. The Kier molecular flexibility index (Phi) is 5.65. The second-order valence-corrected chi connectivity index (χ2v) is 4.11. The summed E-state index contributed by atoms with van der Waals surface area (Å²) in [5, 5.41) is 0.190. The van der Waals surface area contributed by atoms with Gasteiger partial charge in [0.25, 0.3) is 0 Å². The van der Waals surface area contributed by atoms with Crippen LogP contribution in [0.5, 0.6) is 5.75 Å². The molecule has 7 heteroatoms. The number of alkyl halides is 4. The van der Waals surface area contributed by atoms with Gasteiger partial charge in [0.1, 0.15) is 5.75 Å². The molecule has 0 unspecified atom stereocenters. The predicted molar refractivity (Wildman–Crippen MR) is 66.2 cm³/mol. The molecule has 0 aliphatic heterocycles. The van der Waals surface area contributed by atoms with E-state index in [-0.39, 0.29) is 24.3 Å². The van der Waals surface area contributed by atoms with Crippen molar-refractivity contribution < 1.29 is 27.4 Å². The van der Waals surface area contributed by atoms with Gasteiger partial charge >= 0.3 is 12.1 Å². The summed E-state index contributed by atoms with van der Waals surface area (Å²) in [4.78, 5) is 11.1. The molecule has 19 heavy (non-hydrogen) atoms. The van der Waals surface area contributed by atoms with E-state index in [0.29, 0.717) is 5.56 Å². The van der Waals surface area contributed by atoms with Crippen molar-refractivity contribution in [2.75, 3.05) is 13.2 Å². The average Bonchev–Trinajstić information content (AvgIpc) is 2.35. The first-order valence-corrected chi connectivity index (χ1v) is 6.55. The molecule has 0 fully saturated rings. The van der Waals surface area contributed by atoms with Gasteiger partial charge in [-0.25, -0.2) is 4.79 Å². The summed E-state index contributed by atoms with van der Waals surface area (Å²) in [5.74, 6) is -0.346. The molecule has 1 rings (SSSR count). The third-order valence-corrected chi connectivity index (χ3v) is 2.79. The van der Waals surface area contributed by atoms with Gasteiger partial charge in [0, 0.05) is 10.9 Å². The molecule has 0 aromatic heterocycles. The minimum atomic E-state index is -4.41. The third-order valence-electron chi connectivity index (χ3n) is 2.18. The summed E-state index contributed by atoms with van der Waals surface area (Å²) >= 11 is 3.08. The predicted octanol–water partition coefficient (Wildman–Crippen LogP) is 3.54. The van der Waals surface area contributed by atoms with E-state index in [1.165, 1.54) is 6.07 Å². The second-order valence-electron chi connectivity index (χ2n) is 3.55. The summed E-state index contributed by atoms with van der Waals surface area (Å²) in [7, 11) is 0. The SMILES string of the molecule is CCOC(=O)COc1ccc(C(F)(F)F)cc1CBr. The number of hydrogen-bond acceptors (Lipinski definition) is 3. The van der Waals surface area contributed by atoms with Crippen LogP contribution in [-0.4, -0.2) is 19.2 Å². The second kappa shape index (κ2) is 6.79. The highest BCUT2D eigenvalue weighted by Crippen LogP contribution is 2.33. The van der Waals surface area contributed by atoms with Crippen LogP contribution in [0.15, 0.2) is 18.2 Å². The molecule has 0 radical (unpaired) electrons. The van der Waals surface area contributed by atoms with Crippen LogP contribution in [0.3, 0.4) is 0 Å². The largest absolute Gasteiger partial charge is 0.482 e. The van der Waals surface area contributed by atoms with Crippen molar-refractivity contribution in [1.82, 2.24) is 0 Å². The number of carbonyl (C=O) groups is 1. The van der Waals surface area contributed by atoms with E-state index in [0.717, 1.165) is 12.1 Å². The first kappa shape index (κ1) is 15.8. The highest BCUT2D eigenvalue weighted by molar-refractivity contribution is 9.08. The smallest absolute Gasteiger partial charge is 0.416 e. The molecule has 0 saturated carbocycles. The topological polar surface area (TPSA) is 35.5 Å². The van der Waals surface area contributed by atoms with Crippen LogP contribution >= 0.6 is 15.9 Å². The first-order valence-electron chi connectivity index (χ1n) is 5.43. The number of benzene rings is 1. The molecule has 0 N–H and O–H groups in total. The summed E-state index contributed by atoms with van der Waals surface area (Å²) < 4.78 is 47.4. The van der Waals surface area contributed by atoms with Crippen molar-refractivity contribution >= 4 is 21.9 Å². The van der Waals surface area contributed by atoms with E-state index >= 15 is 0 Å². The molecule has 106 valence electrons. The lowest BCUT2D eigenvalue weighted by molar-refractivity contribution is -0.145. The summed E-state index contributed by atoms with van der Waals surface area (Å²) in [5.41, 5.74) is -0.440. The minimum Gasteiger partial charge on any atom is -0.482 e. The zero-order chi connectivity index (χ0) is 14.5. The Balaban J connectivity index is 2.82. The molecule has 0 heterocycles. The quantitative estimate of drug-likeness (QED) is 0.607. The van der Waals surface area contributed by atoms with E-state index in [2.05, 4.69) is 20.7 Å². The van der Waals surface area contributed by atoms with Gasteiger partial charge in [0.2, 0.25) is 0 Å². The van der Waals surface area contributed by atoms with Crippen molar-refractivity contribution in [2.24, 2.45) is 0 Å². The molecule has 0 aliphatic carbocycles. The van der Waals surface area contributed by atoms with Crippen molar-refractivity contribution in [3.63, 3.8) is 0 Å². The zero-order valence-corrected chi connectivity index (χ0v) is 11.7. The van der Waals surface area contributed by atoms with Crippen LogP contribution in [0.1, 0.15) is 18.1 Å². The Labute approximate surface area is 116 Å². The van der Waals surface area contributed by atoms with Crippen LogP contribution < -0.4 is 4.74 Å². The maximum Gasteiger partial charge on any atom is 0.416 e. The zero-order valence-electron chi connectivity index (χ0n) is 10.1. The number of carbonyl (C=O) groups excluding carboxylic acids is 1. The molecule has 0 aliphatic rings. The summed E-state index contributed by atoms with van der Waals surface area (Å²) in [6.45, 7) is 1.54. The minimum absolute atomic E-state index is 0.190. The maximum absolute atomic E-state index is 12.5. The molecule has 0 atom stereocenters. The lowest BCUT2D eigenvalue weighted by atomic mass is 10.1. The molecular formula is C12H12BrF3O3. The van der Waals surface area contributed by atoms with Crippen molar-refractivity contribution in [1.29, 1.82) is 0 Å².